The number of carbonyl (C=O) groups is 3. The Morgan fingerprint density at radius 3 is 1.83 bits per heavy atom. The number of hydrogen-bond donors (Lipinski definition) is 4. The van der Waals surface area contributed by atoms with Crippen molar-refractivity contribution in [3.8, 4) is 11.1 Å². The fourth-order valence-corrected chi connectivity index (χ4v) is 6.86. The molecule has 1 atom stereocenters. The van der Waals surface area contributed by atoms with Gasteiger partial charge < -0.3 is 20.5 Å². The molecule has 0 fully saturated rings. The number of aryl methyl sites for hydroxylation is 1. The third-order valence-electron chi connectivity index (χ3n) is 9.50. The summed E-state index contributed by atoms with van der Waals surface area (Å²) < 4.78 is 5.54. The number of rotatable bonds is 16. The molecule has 266 valence electrons. The van der Waals surface area contributed by atoms with Gasteiger partial charge in [0.15, 0.2) is 0 Å². The first-order valence-electron chi connectivity index (χ1n) is 17.5. The van der Waals surface area contributed by atoms with Gasteiger partial charge in [0.25, 0.3) is 0 Å². The number of carboxylic acid groups (broad SMARTS) is 1. The first-order valence-corrected chi connectivity index (χ1v) is 17.5. The lowest BCUT2D eigenvalue weighted by molar-refractivity contribution is -0.139. The number of hydrogen-bond acceptors (Lipinski definition) is 6. The Morgan fingerprint density at radius 2 is 1.25 bits per heavy atom. The summed E-state index contributed by atoms with van der Waals surface area (Å²) in [6.45, 7) is 2.21. The molecule has 6 rings (SSSR count). The van der Waals surface area contributed by atoms with E-state index in [2.05, 4.69) is 40.4 Å². The van der Waals surface area contributed by atoms with Gasteiger partial charge in [-0.05, 0) is 65.1 Å². The topological polar surface area (TPSA) is 126 Å². The number of hydroxylamine groups is 1. The van der Waals surface area contributed by atoms with Crippen molar-refractivity contribution in [2.45, 2.75) is 43.7 Å². The number of benzene rings is 5. The van der Waals surface area contributed by atoms with E-state index >= 15 is 0 Å². The van der Waals surface area contributed by atoms with Gasteiger partial charge in [-0.15, -0.1) is 0 Å². The van der Waals surface area contributed by atoms with Crippen LogP contribution in [0.3, 0.4) is 0 Å². The molecule has 0 aliphatic heterocycles. The van der Waals surface area contributed by atoms with E-state index in [1.54, 1.807) is 0 Å². The predicted molar refractivity (Wildman–Crippen MR) is 200 cm³/mol. The molecule has 0 bridgehead atoms. The molecule has 9 nitrogen and oxygen atoms in total. The number of carboxylic acids is 1. The van der Waals surface area contributed by atoms with Gasteiger partial charge in [0, 0.05) is 12.5 Å². The fourth-order valence-electron chi connectivity index (χ4n) is 6.86. The quantitative estimate of drug-likeness (QED) is 0.0493. The van der Waals surface area contributed by atoms with Crippen LogP contribution in [0.2, 0.25) is 0 Å². The van der Waals surface area contributed by atoms with E-state index in [4.69, 9.17) is 9.57 Å². The second-order valence-electron chi connectivity index (χ2n) is 12.9. The molecule has 9 heteroatoms. The number of ether oxygens (including phenoxy) is 1. The Hall–Kier alpha value is -5.77. The Balaban J connectivity index is 0.974. The molecular formula is C43H43N3O6. The monoisotopic (exact) mass is 697 g/mol. The zero-order valence-corrected chi connectivity index (χ0v) is 29.1. The molecule has 0 heterocycles. The maximum absolute atomic E-state index is 12.8. The summed E-state index contributed by atoms with van der Waals surface area (Å²) in [6, 6.07) is 43.0. The average molecular weight is 698 g/mol. The largest absolute Gasteiger partial charge is 0.480 e. The number of unbranched alkanes of at least 4 members (excludes halogenated alkanes) is 1. The van der Waals surface area contributed by atoms with Crippen LogP contribution in [0.25, 0.3) is 11.1 Å². The van der Waals surface area contributed by atoms with E-state index in [1.807, 2.05) is 116 Å². The Labute approximate surface area is 304 Å². The van der Waals surface area contributed by atoms with Crippen LogP contribution in [-0.2, 0) is 24.7 Å². The summed E-state index contributed by atoms with van der Waals surface area (Å²) in [5, 5.41) is 15.1. The molecular weight excluding hydrogens is 654 g/mol. The van der Waals surface area contributed by atoms with E-state index in [1.165, 1.54) is 0 Å². The molecule has 52 heavy (non-hydrogen) atoms. The highest BCUT2D eigenvalue weighted by Crippen LogP contribution is 2.44. The normalized spacial score (nSPS) is 12.7. The standard InChI is InChI=1S/C43H43N3O6/c1-30-23-25-33(26-24-30)43(31-14-4-2-5-15-31,32-16-6-3-7-17-32)46-52-29-40(47)44-27-13-12-22-39(41(48)49)45-42(50)51-28-38-36-20-10-8-18-34(36)35-19-9-11-21-37(35)38/h2-11,14-21,23-26,38-39,46H,12-13,22,27-29H2,1H3,(H,44,47)(H,45,50)(H,48,49). The summed E-state index contributed by atoms with van der Waals surface area (Å²) in [7, 11) is 0. The van der Waals surface area contributed by atoms with Crippen molar-refractivity contribution in [1.29, 1.82) is 0 Å². The highest BCUT2D eigenvalue weighted by Gasteiger charge is 2.37. The van der Waals surface area contributed by atoms with Crippen LogP contribution in [-0.4, -0.2) is 48.9 Å². The third kappa shape index (κ3) is 8.23. The summed E-state index contributed by atoms with van der Waals surface area (Å²) in [6.07, 6.45) is 0.371. The van der Waals surface area contributed by atoms with Gasteiger partial charge in [0.05, 0.1) is 0 Å². The predicted octanol–water partition coefficient (Wildman–Crippen LogP) is 7.09. The molecule has 0 saturated heterocycles. The lowest BCUT2D eigenvalue weighted by atomic mass is 9.77. The lowest BCUT2D eigenvalue weighted by Gasteiger charge is -2.36. The number of amides is 2. The molecule has 5 aromatic carbocycles. The maximum atomic E-state index is 12.8. The van der Waals surface area contributed by atoms with Gasteiger partial charge in [-0.3, -0.25) is 9.63 Å². The number of aliphatic carboxylic acids is 1. The molecule has 0 spiro atoms. The Bertz CT molecular complexity index is 1880. The van der Waals surface area contributed by atoms with E-state index < -0.39 is 23.6 Å². The zero-order chi connectivity index (χ0) is 36.3. The average Bonchev–Trinajstić information content (AvgIpc) is 3.49. The maximum Gasteiger partial charge on any atom is 0.407 e. The highest BCUT2D eigenvalue weighted by atomic mass is 16.6. The van der Waals surface area contributed by atoms with Crippen LogP contribution in [0.1, 0.15) is 58.6 Å². The first kappa shape index (κ1) is 36.0. The SMILES string of the molecule is Cc1ccc(C(NOCC(=O)NCCCCC(NC(=O)OCC2c3ccccc3-c3ccccc32)C(=O)O)(c2ccccc2)c2ccccc2)cc1. The van der Waals surface area contributed by atoms with E-state index in [-0.39, 0.29) is 31.5 Å². The minimum absolute atomic E-state index is 0.0952. The van der Waals surface area contributed by atoms with Crippen molar-refractivity contribution in [1.82, 2.24) is 16.1 Å². The molecule has 1 unspecified atom stereocenters. The van der Waals surface area contributed by atoms with Crippen LogP contribution in [0.15, 0.2) is 133 Å². The second kappa shape index (κ2) is 17.0. The Kier molecular flexibility index (Phi) is 11.8. The number of fused-ring (bicyclic) bond motifs is 3. The molecule has 4 N–H and O–H groups in total. The molecule has 0 saturated carbocycles. The summed E-state index contributed by atoms with van der Waals surface area (Å²) in [5.41, 5.74) is 10.7. The second-order valence-corrected chi connectivity index (χ2v) is 12.9. The van der Waals surface area contributed by atoms with Crippen molar-refractivity contribution in [2.24, 2.45) is 0 Å². The summed E-state index contributed by atoms with van der Waals surface area (Å²) in [5.74, 6) is -1.59. The molecule has 0 radical (unpaired) electrons. The van der Waals surface area contributed by atoms with E-state index in [9.17, 15) is 19.5 Å². The third-order valence-corrected chi connectivity index (χ3v) is 9.50. The van der Waals surface area contributed by atoms with Gasteiger partial charge in [0.2, 0.25) is 5.91 Å². The number of nitrogens with one attached hydrogen (secondary N) is 3. The number of alkyl carbamates (subject to hydrolysis) is 1. The fraction of sp³-hybridized carbons (Fsp3) is 0.233. The van der Waals surface area contributed by atoms with Crippen molar-refractivity contribution in [3.05, 3.63) is 167 Å². The van der Waals surface area contributed by atoms with Gasteiger partial charge >= 0.3 is 12.1 Å². The van der Waals surface area contributed by atoms with Gasteiger partial charge in [-0.1, -0.05) is 139 Å². The van der Waals surface area contributed by atoms with Crippen molar-refractivity contribution < 1.29 is 29.1 Å². The van der Waals surface area contributed by atoms with Gasteiger partial charge in [-0.25, -0.2) is 9.59 Å². The van der Waals surface area contributed by atoms with E-state index in [0.717, 1.165) is 44.5 Å². The smallest absolute Gasteiger partial charge is 0.407 e. The van der Waals surface area contributed by atoms with Crippen LogP contribution in [0.4, 0.5) is 4.79 Å². The highest BCUT2D eigenvalue weighted by molar-refractivity contribution is 5.81. The minimum Gasteiger partial charge on any atom is -0.480 e. The van der Waals surface area contributed by atoms with Crippen LogP contribution < -0.4 is 16.1 Å². The van der Waals surface area contributed by atoms with E-state index in [0.29, 0.717) is 19.4 Å². The van der Waals surface area contributed by atoms with Gasteiger partial charge in [0.1, 0.15) is 24.8 Å². The van der Waals surface area contributed by atoms with Crippen LogP contribution >= 0.6 is 0 Å². The molecule has 1 aliphatic carbocycles. The molecule has 2 amide bonds. The summed E-state index contributed by atoms with van der Waals surface area (Å²) in [4.78, 5) is 43.4. The summed E-state index contributed by atoms with van der Waals surface area (Å²) >= 11 is 0. The van der Waals surface area contributed by atoms with Gasteiger partial charge in [-0.2, -0.15) is 5.48 Å². The number of carbonyl (C=O) groups excluding carboxylic acids is 2. The van der Waals surface area contributed by atoms with Crippen LogP contribution in [0.5, 0.6) is 0 Å². The van der Waals surface area contributed by atoms with Crippen LogP contribution in [0, 0.1) is 6.92 Å². The first-order chi connectivity index (χ1) is 25.4. The lowest BCUT2D eigenvalue weighted by Crippen LogP contribution is -2.46. The van der Waals surface area contributed by atoms with Crippen molar-refractivity contribution >= 4 is 18.0 Å². The van der Waals surface area contributed by atoms with Crippen molar-refractivity contribution in [3.63, 3.8) is 0 Å². The minimum atomic E-state index is -1.15. The molecule has 5 aromatic rings. The Morgan fingerprint density at radius 1 is 0.712 bits per heavy atom. The molecule has 0 aromatic heterocycles. The zero-order valence-electron chi connectivity index (χ0n) is 29.1. The van der Waals surface area contributed by atoms with Crippen molar-refractivity contribution in [2.75, 3.05) is 19.8 Å². The molecule has 1 aliphatic rings.